The minimum Gasteiger partial charge on any atom is -0.506 e. The Morgan fingerprint density at radius 3 is 2.24 bits per heavy atom. The fourth-order valence-electron chi connectivity index (χ4n) is 1.77. The zero-order valence-electron chi connectivity index (χ0n) is 10.5. The molecule has 2 N–H and O–H groups in total. The standard InChI is InChI=1S/C13H19Br2NO/c1-4-5-13(2,3)16-8-9-6-10(14)12(17)11(15)7-9/h6-7,16-17H,4-5,8H2,1-3H3. The topological polar surface area (TPSA) is 32.3 Å². The maximum absolute atomic E-state index is 9.63. The molecule has 0 aliphatic carbocycles. The molecule has 0 saturated carbocycles. The van der Waals surface area contributed by atoms with Crippen LogP contribution in [-0.4, -0.2) is 10.6 Å². The van der Waals surface area contributed by atoms with Gasteiger partial charge in [0.15, 0.2) is 0 Å². The number of aromatic hydroxyl groups is 1. The van der Waals surface area contributed by atoms with Crippen LogP contribution in [-0.2, 0) is 6.54 Å². The second kappa shape index (κ2) is 6.21. The Balaban J connectivity index is 2.70. The van der Waals surface area contributed by atoms with Gasteiger partial charge in [0.2, 0.25) is 0 Å². The normalized spacial score (nSPS) is 11.8. The number of hydrogen-bond donors (Lipinski definition) is 2. The minimum absolute atomic E-state index is 0.144. The van der Waals surface area contributed by atoms with Gasteiger partial charge in [-0.2, -0.15) is 0 Å². The fourth-order valence-corrected chi connectivity index (χ4v) is 3.06. The summed E-state index contributed by atoms with van der Waals surface area (Å²) in [6, 6.07) is 3.88. The molecule has 0 aromatic heterocycles. The highest BCUT2D eigenvalue weighted by Gasteiger charge is 2.15. The Bertz CT molecular complexity index is 368. The van der Waals surface area contributed by atoms with Crippen LogP contribution in [0.4, 0.5) is 0 Å². The Morgan fingerprint density at radius 2 is 1.76 bits per heavy atom. The van der Waals surface area contributed by atoms with E-state index >= 15 is 0 Å². The van der Waals surface area contributed by atoms with Gasteiger partial charge in [-0.05, 0) is 69.8 Å². The van der Waals surface area contributed by atoms with Gasteiger partial charge in [0, 0.05) is 12.1 Å². The molecule has 0 amide bonds. The lowest BCUT2D eigenvalue weighted by atomic mass is 9.98. The van der Waals surface area contributed by atoms with Crippen molar-refractivity contribution in [1.29, 1.82) is 0 Å². The van der Waals surface area contributed by atoms with E-state index < -0.39 is 0 Å². The molecule has 0 heterocycles. The summed E-state index contributed by atoms with van der Waals surface area (Å²) in [6.45, 7) is 7.41. The van der Waals surface area contributed by atoms with E-state index in [4.69, 9.17) is 0 Å². The summed E-state index contributed by atoms with van der Waals surface area (Å²) in [5, 5.41) is 13.2. The van der Waals surface area contributed by atoms with Crippen LogP contribution in [0.2, 0.25) is 0 Å². The van der Waals surface area contributed by atoms with E-state index in [1.54, 1.807) is 0 Å². The van der Waals surface area contributed by atoms with Gasteiger partial charge in [-0.3, -0.25) is 0 Å². The zero-order valence-corrected chi connectivity index (χ0v) is 13.7. The first kappa shape index (κ1) is 15.0. The SMILES string of the molecule is CCCC(C)(C)NCc1cc(Br)c(O)c(Br)c1. The third-order valence-corrected chi connectivity index (χ3v) is 3.93. The molecule has 17 heavy (non-hydrogen) atoms. The molecule has 4 heteroatoms. The number of rotatable bonds is 5. The number of halogens is 2. The molecule has 2 nitrogen and oxygen atoms in total. The van der Waals surface area contributed by atoms with E-state index in [-0.39, 0.29) is 11.3 Å². The molecule has 0 fully saturated rings. The summed E-state index contributed by atoms with van der Waals surface area (Å²) in [5.74, 6) is 0.251. The van der Waals surface area contributed by atoms with Crippen molar-refractivity contribution < 1.29 is 5.11 Å². The van der Waals surface area contributed by atoms with E-state index in [1.165, 1.54) is 6.42 Å². The number of phenols is 1. The Kier molecular flexibility index (Phi) is 5.48. The summed E-state index contributed by atoms with van der Waals surface area (Å²) in [7, 11) is 0. The van der Waals surface area contributed by atoms with Crippen LogP contribution in [0.5, 0.6) is 5.75 Å². The summed E-state index contributed by atoms with van der Waals surface area (Å²) < 4.78 is 1.44. The molecular weight excluding hydrogens is 346 g/mol. The highest BCUT2D eigenvalue weighted by Crippen LogP contribution is 2.33. The largest absolute Gasteiger partial charge is 0.506 e. The van der Waals surface area contributed by atoms with Crippen molar-refractivity contribution in [2.75, 3.05) is 0 Å². The summed E-state index contributed by atoms with van der Waals surface area (Å²) in [4.78, 5) is 0. The van der Waals surface area contributed by atoms with Gasteiger partial charge < -0.3 is 10.4 Å². The van der Waals surface area contributed by atoms with Crippen molar-refractivity contribution in [2.24, 2.45) is 0 Å². The van der Waals surface area contributed by atoms with Crippen LogP contribution in [0.25, 0.3) is 0 Å². The first-order valence-electron chi connectivity index (χ1n) is 5.77. The van der Waals surface area contributed by atoms with Crippen LogP contribution in [0, 0.1) is 0 Å². The molecule has 0 bridgehead atoms. The van der Waals surface area contributed by atoms with Gasteiger partial charge in [0.1, 0.15) is 5.75 Å². The van der Waals surface area contributed by atoms with E-state index in [2.05, 4.69) is 57.9 Å². The first-order chi connectivity index (χ1) is 7.85. The van der Waals surface area contributed by atoms with Gasteiger partial charge >= 0.3 is 0 Å². The average Bonchev–Trinajstić information content (AvgIpc) is 2.23. The van der Waals surface area contributed by atoms with Crippen LogP contribution in [0.1, 0.15) is 39.2 Å². The smallest absolute Gasteiger partial charge is 0.143 e. The lowest BCUT2D eigenvalue weighted by Crippen LogP contribution is -2.38. The molecule has 0 aliphatic rings. The molecule has 0 radical (unpaired) electrons. The third kappa shape index (κ3) is 4.60. The van der Waals surface area contributed by atoms with Crippen LogP contribution in [0.3, 0.4) is 0 Å². The number of hydrogen-bond acceptors (Lipinski definition) is 2. The van der Waals surface area contributed by atoms with Gasteiger partial charge in [-0.1, -0.05) is 13.3 Å². The quantitative estimate of drug-likeness (QED) is 0.801. The molecule has 1 rings (SSSR count). The lowest BCUT2D eigenvalue weighted by molar-refractivity contribution is 0.356. The first-order valence-corrected chi connectivity index (χ1v) is 7.36. The fraction of sp³-hybridized carbons (Fsp3) is 0.538. The summed E-state index contributed by atoms with van der Waals surface area (Å²) >= 11 is 6.68. The molecule has 0 spiro atoms. The molecule has 0 saturated heterocycles. The molecule has 1 aromatic carbocycles. The zero-order chi connectivity index (χ0) is 13.1. The molecule has 1 aromatic rings. The molecular formula is C13H19Br2NO. The van der Waals surface area contributed by atoms with Crippen molar-refractivity contribution in [2.45, 2.75) is 45.7 Å². The van der Waals surface area contributed by atoms with E-state index in [9.17, 15) is 5.11 Å². The van der Waals surface area contributed by atoms with Gasteiger partial charge in [0.25, 0.3) is 0 Å². The van der Waals surface area contributed by atoms with Crippen molar-refractivity contribution in [3.8, 4) is 5.75 Å². The highest BCUT2D eigenvalue weighted by molar-refractivity contribution is 9.11. The maximum atomic E-state index is 9.63. The summed E-state index contributed by atoms with van der Waals surface area (Å²) in [6.07, 6.45) is 2.32. The van der Waals surface area contributed by atoms with E-state index in [1.807, 2.05) is 12.1 Å². The predicted octanol–water partition coefficient (Wildman–Crippen LogP) is 4.59. The summed E-state index contributed by atoms with van der Waals surface area (Å²) in [5.41, 5.74) is 1.29. The van der Waals surface area contributed by atoms with Crippen LogP contribution in [0.15, 0.2) is 21.1 Å². The van der Waals surface area contributed by atoms with Gasteiger partial charge in [0.05, 0.1) is 8.95 Å². The molecule has 0 atom stereocenters. The Hall–Kier alpha value is -0.0600. The van der Waals surface area contributed by atoms with Gasteiger partial charge in [-0.25, -0.2) is 0 Å². The third-order valence-electron chi connectivity index (χ3n) is 2.72. The van der Waals surface area contributed by atoms with Crippen LogP contribution >= 0.6 is 31.9 Å². The average molecular weight is 365 g/mol. The monoisotopic (exact) mass is 363 g/mol. The number of phenolic OH excluding ortho intramolecular Hbond substituents is 1. The minimum atomic E-state index is 0.144. The van der Waals surface area contributed by atoms with Crippen molar-refractivity contribution in [1.82, 2.24) is 5.32 Å². The lowest BCUT2D eigenvalue weighted by Gasteiger charge is -2.26. The van der Waals surface area contributed by atoms with Crippen LogP contribution < -0.4 is 5.32 Å². The molecule has 0 unspecified atom stereocenters. The molecule has 96 valence electrons. The Morgan fingerprint density at radius 1 is 1.24 bits per heavy atom. The van der Waals surface area contributed by atoms with Crippen molar-refractivity contribution >= 4 is 31.9 Å². The predicted molar refractivity (Wildman–Crippen MR) is 79.3 cm³/mol. The molecule has 0 aliphatic heterocycles. The second-order valence-electron chi connectivity index (χ2n) is 4.90. The van der Waals surface area contributed by atoms with Crippen molar-refractivity contribution in [3.63, 3.8) is 0 Å². The van der Waals surface area contributed by atoms with Gasteiger partial charge in [-0.15, -0.1) is 0 Å². The van der Waals surface area contributed by atoms with E-state index in [0.29, 0.717) is 0 Å². The maximum Gasteiger partial charge on any atom is 0.143 e. The van der Waals surface area contributed by atoms with E-state index in [0.717, 1.165) is 27.5 Å². The number of benzene rings is 1. The number of nitrogens with one attached hydrogen (secondary N) is 1. The highest BCUT2D eigenvalue weighted by atomic mass is 79.9. The second-order valence-corrected chi connectivity index (χ2v) is 6.60. The van der Waals surface area contributed by atoms with Crippen molar-refractivity contribution in [3.05, 3.63) is 26.6 Å². The Labute approximate surface area is 120 Å².